The Labute approximate surface area is 123 Å². The van der Waals surface area contributed by atoms with Crippen molar-refractivity contribution in [1.29, 1.82) is 0 Å². The number of aromatic nitrogens is 1. The lowest BCUT2D eigenvalue weighted by molar-refractivity contribution is 0.0935. The number of pyridine rings is 1. The van der Waals surface area contributed by atoms with Crippen LogP contribution in [0.5, 0.6) is 0 Å². The van der Waals surface area contributed by atoms with Gasteiger partial charge < -0.3 is 10.6 Å². The lowest BCUT2D eigenvalue weighted by Gasteiger charge is -2.23. The summed E-state index contributed by atoms with van der Waals surface area (Å²) in [6.07, 6.45) is 3.19. The van der Waals surface area contributed by atoms with Crippen molar-refractivity contribution in [2.24, 2.45) is 0 Å². The van der Waals surface area contributed by atoms with E-state index >= 15 is 0 Å². The van der Waals surface area contributed by atoms with Crippen molar-refractivity contribution in [3.05, 3.63) is 22.3 Å². The number of nitrogens with one attached hydrogen (secondary N) is 2. The maximum Gasteiger partial charge on any atom is 0.255 e. The van der Waals surface area contributed by atoms with Gasteiger partial charge in [-0.1, -0.05) is 0 Å². The van der Waals surface area contributed by atoms with Gasteiger partial charge in [0.05, 0.1) is 5.56 Å². The Morgan fingerprint density at radius 3 is 2.79 bits per heavy atom. The highest BCUT2D eigenvalue weighted by Gasteiger charge is 2.21. The van der Waals surface area contributed by atoms with Gasteiger partial charge in [-0.2, -0.15) is 0 Å². The highest BCUT2D eigenvalue weighted by atomic mass is 79.9. The zero-order chi connectivity index (χ0) is 13.8. The zero-order valence-corrected chi connectivity index (χ0v) is 13.0. The molecular formula is C12H16BrN3O2S. The van der Waals surface area contributed by atoms with E-state index in [0.717, 1.165) is 17.3 Å². The first kappa shape index (κ1) is 14.5. The molecule has 1 saturated heterocycles. The summed E-state index contributed by atoms with van der Waals surface area (Å²) in [6, 6.07) is 1.85. The SMILES string of the molecule is CNc1ncc(Br)cc1C(=O)NC1CCS(=O)CC1. The molecule has 0 bridgehead atoms. The number of hydrogen-bond donors (Lipinski definition) is 2. The summed E-state index contributed by atoms with van der Waals surface area (Å²) >= 11 is 3.32. The van der Waals surface area contributed by atoms with Gasteiger partial charge in [0.1, 0.15) is 5.82 Å². The first-order valence-electron chi connectivity index (χ1n) is 6.09. The fourth-order valence-corrected chi connectivity index (χ4v) is 3.64. The van der Waals surface area contributed by atoms with Crippen LogP contribution in [-0.2, 0) is 10.8 Å². The molecule has 1 fully saturated rings. The van der Waals surface area contributed by atoms with E-state index in [1.807, 2.05) is 0 Å². The Kier molecular flexibility index (Phi) is 4.93. The van der Waals surface area contributed by atoms with Crippen molar-refractivity contribution >= 4 is 38.5 Å². The monoisotopic (exact) mass is 345 g/mol. The zero-order valence-electron chi connectivity index (χ0n) is 10.6. The third-order valence-corrected chi connectivity index (χ3v) is 4.87. The standard InChI is InChI=1S/C12H16BrN3O2S/c1-14-11-10(6-8(13)7-15-11)12(17)16-9-2-4-19(18)5-3-9/h6-7,9H,2-5H2,1H3,(H,14,15)(H,16,17). The average Bonchev–Trinajstić information content (AvgIpc) is 2.41. The van der Waals surface area contributed by atoms with Gasteiger partial charge in [0.25, 0.3) is 5.91 Å². The van der Waals surface area contributed by atoms with Crippen LogP contribution in [0.3, 0.4) is 0 Å². The molecule has 1 aliphatic heterocycles. The summed E-state index contributed by atoms with van der Waals surface area (Å²) in [5.41, 5.74) is 0.517. The normalized spacial score (nSPS) is 22.8. The summed E-state index contributed by atoms with van der Waals surface area (Å²) in [4.78, 5) is 16.4. The molecule has 0 aliphatic carbocycles. The second kappa shape index (κ2) is 6.47. The Balaban J connectivity index is 2.07. The van der Waals surface area contributed by atoms with Crippen LogP contribution in [-0.4, -0.2) is 39.7 Å². The average molecular weight is 346 g/mol. The molecule has 0 unspecified atom stereocenters. The molecule has 0 saturated carbocycles. The lowest BCUT2D eigenvalue weighted by Crippen LogP contribution is -2.39. The van der Waals surface area contributed by atoms with Gasteiger partial charge in [0.2, 0.25) is 0 Å². The molecule has 7 heteroatoms. The summed E-state index contributed by atoms with van der Waals surface area (Å²) in [5, 5.41) is 5.89. The summed E-state index contributed by atoms with van der Waals surface area (Å²) in [5.74, 6) is 1.75. The van der Waals surface area contributed by atoms with Crippen LogP contribution in [0.15, 0.2) is 16.7 Å². The molecule has 1 amide bonds. The Bertz CT molecular complexity index is 500. The number of carbonyl (C=O) groups excluding carboxylic acids is 1. The van der Waals surface area contributed by atoms with Crippen LogP contribution < -0.4 is 10.6 Å². The van der Waals surface area contributed by atoms with E-state index < -0.39 is 10.8 Å². The molecule has 1 aromatic heterocycles. The minimum absolute atomic E-state index is 0.105. The second-order valence-corrected chi connectivity index (χ2v) is 7.01. The van der Waals surface area contributed by atoms with Gasteiger partial charge in [-0.05, 0) is 34.8 Å². The molecule has 1 aliphatic rings. The molecule has 19 heavy (non-hydrogen) atoms. The number of nitrogens with zero attached hydrogens (tertiary/aromatic N) is 1. The van der Waals surface area contributed by atoms with Crippen molar-refractivity contribution in [3.63, 3.8) is 0 Å². The Morgan fingerprint density at radius 2 is 2.16 bits per heavy atom. The molecule has 2 rings (SSSR count). The first-order chi connectivity index (χ1) is 9.10. The van der Waals surface area contributed by atoms with E-state index in [1.165, 1.54) is 0 Å². The van der Waals surface area contributed by atoms with Gasteiger partial charge in [-0.25, -0.2) is 4.98 Å². The molecule has 104 valence electrons. The molecule has 0 spiro atoms. The van der Waals surface area contributed by atoms with E-state index in [4.69, 9.17) is 0 Å². The fourth-order valence-electron chi connectivity index (χ4n) is 2.01. The number of amides is 1. The largest absolute Gasteiger partial charge is 0.372 e. The molecule has 0 atom stereocenters. The van der Waals surface area contributed by atoms with E-state index in [-0.39, 0.29) is 11.9 Å². The van der Waals surface area contributed by atoms with Crippen LogP contribution in [0.4, 0.5) is 5.82 Å². The Morgan fingerprint density at radius 1 is 1.47 bits per heavy atom. The predicted octanol–water partition coefficient (Wildman–Crippen LogP) is 1.53. The number of hydrogen-bond acceptors (Lipinski definition) is 4. The van der Waals surface area contributed by atoms with Gasteiger partial charge in [0.15, 0.2) is 0 Å². The third kappa shape index (κ3) is 3.76. The fraction of sp³-hybridized carbons (Fsp3) is 0.500. The van der Waals surface area contributed by atoms with Crippen molar-refractivity contribution in [2.75, 3.05) is 23.9 Å². The second-order valence-electron chi connectivity index (χ2n) is 4.40. The summed E-state index contributed by atoms with van der Waals surface area (Å²) in [6.45, 7) is 0. The molecule has 1 aromatic rings. The predicted molar refractivity (Wildman–Crippen MR) is 79.8 cm³/mol. The highest BCUT2D eigenvalue weighted by molar-refractivity contribution is 9.10. The maximum absolute atomic E-state index is 12.2. The molecule has 2 N–H and O–H groups in total. The molecule has 0 radical (unpaired) electrons. The molecular weight excluding hydrogens is 330 g/mol. The van der Waals surface area contributed by atoms with Gasteiger partial charge >= 0.3 is 0 Å². The van der Waals surface area contributed by atoms with Crippen LogP contribution >= 0.6 is 15.9 Å². The molecule has 2 heterocycles. The van der Waals surface area contributed by atoms with Crippen molar-refractivity contribution in [2.45, 2.75) is 18.9 Å². The Hall–Kier alpha value is -0.950. The highest BCUT2D eigenvalue weighted by Crippen LogP contribution is 2.18. The van der Waals surface area contributed by atoms with Crippen LogP contribution in [0.25, 0.3) is 0 Å². The summed E-state index contributed by atoms with van der Waals surface area (Å²) < 4.78 is 12.0. The smallest absolute Gasteiger partial charge is 0.255 e. The lowest BCUT2D eigenvalue weighted by atomic mass is 10.1. The minimum atomic E-state index is -0.713. The van der Waals surface area contributed by atoms with E-state index in [2.05, 4.69) is 31.5 Å². The van der Waals surface area contributed by atoms with Crippen LogP contribution in [0, 0.1) is 0 Å². The van der Waals surface area contributed by atoms with E-state index in [0.29, 0.717) is 22.9 Å². The van der Waals surface area contributed by atoms with Crippen molar-refractivity contribution < 1.29 is 9.00 Å². The number of anilines is 1. The van der Waals surface area contributed by atoms with Gasteiger partial charge in [0, 0.05) is 46.1 Å². The molecule has 0 aromatic carbocycles. The topological polar surface area (TPSA) is 71.1 Å². The number of rotatable bonds is 3. The molecule has 5 nitrogen and oxygen atoms in total. The third-order valence-electron chi connectivity index (χ3n) is 3.06. The minimum Gasteiger partial charge on any atom is -0.372 e. The quantitative estimate of drug-likeness (QED) is 0.871. The first-order valence-corrected chi connectivity index (χ1v) is 8.37. The van der Waals surface area contributed by atoms with Crippen LogP contribution in [0.1, 0.15) is 23.2 Å². The van der Waals surface area contributed by atoms with Gasteiger partial charge in [-0.3, -0.25) is 9.00 Å². The van der Waals surface area contributed by atoms with E-state index in [1.54, 1.807) is 19.3 Å². The van der Waals surface area contributed by atoms with Crippen molar-refractivity contribution in [3.8, 4) is 0 Å². The van der Waals surface area contributed by atoms with Crippen molar-refractivity contribution in [1.82, 2.24) is 10.3 Å². The van der Waals surface area contributed by atoms with Crippen LogP contribution in [0.2, 0.25) is 0 Å². The van der Waals surface area contributed by atoms with Gasteiger partial charge in [-0.15, -0.1) is 0 Å². The summed E-state index contributed by atoms with van der Waals surface area (Å²) in [7, 11) is 1.02. The maximum atomic E-state index is 12.2. The van der Waals surface area contributed by atoms with E-state index in [9.17, 15) is 9.00 Å². The number of halogens is 1. The number of carbonyl (C=O) groups is 1.